The first-order valence-corrected chi connectivity index (χ1v) is 10.4. The fraction of sp³-hybridized carbons (Fsp3) is 0.185. The van der Waals surface area contributed by atoms with Gasteiger partial charge in [0.25, 0.3) is 5.91 Å². The number of ether oxygens (including phenoxy) is 1. The first-order valence-electron chi connectivity index (χ1n) is 10.4. The van der Waals surface area contributed by atoms with Gasteiger partial charge in [0, 0.05) is 5.57 Å². The molecule has 1 atom stereocenters. The summed E-state index contributed by atoms with van der Waals surface area (Å²) in [5.74, 6) is -0.955. The Kier molecular flexibility index (Phi) is 7.03. The monoisotopic (exact) mass is 413 g/mol. The molecule has 0 aliphatic rings. The van der Waals surface area contributed by atoms with E-state index in [1.54, 1.807) is 6.92 Å². The number of carbonyl (C=O) groups is 2. The molecule has 0 aliphatic heterocycles. The largest absolute Gasteiger partial charge is 0.449 e. The highest BCUT2D eigenvalue weighted by molar-refractivity contribution is 5.91. The van der Waals surface area contributed by atoms with Crippen molar-refractivity contribution in [3.63, 3.8) is 0 Å². The van der Waals surface area contributed by atoms with E-state index in [1.165, 1.54) is 0 Å². The summed E-state index contributed by atoms with van der Waals surface area (Å²) in [7, 11) is 0. The molecule has 0 heterocycles. The average Bonchev–Trinajstić information content (AvgIpc) is 2.83. The molecule has 158 valence electrons. The van der Waals surface area contributed by atoms with Crippen LogP contribution in [0.3, 0.4) is 0 Å². The van der Waals surface area contributed by atoms with Crippen molar-refractivity contribution >= 4 is 11.9 Å². The first kappa shape index (κ1) is 22.0. The molecule has 3 aromatic carbocycles. The predicted molar refractivity (Wildman–Crippen MR) is 122 cm³/mol. The van der Waals surface area contributed by atoms with Crippen LogP contribution in [0.1, 0.15) is 37.0 Å². The van der Waals surface area contributed by atoms with Crippen molar-refractivity contribution in [1.82, 2.24) is 5.32 Å². The molecule has 0 spiro atoms. The van der Waals surface area contributed by atoms with Crippen LogP contribution >= 0.6 is 0 Å². The molecule has 31 heavy (non-hydrogen) atoms. The molecule has 3 rings (SSSR count). The van der Waals surface area contributed by atoms with Gasteiger partial charge in [0.2, 0.25) is 0 Å². The molecule has 0 saturated carbocycles. The lowest BCUT2D eigenvalue weighted by atomic mass is 9.77. The second kappa shape index (κ2) is 9.90. The van der Waals surface area contributed by atoms with Crippen molar-refractivity contribution in [2.24, 2.45) is 0 Å². The zero-order valence-corrected chi connectivity index (χ0v) is 17.9. The lowest BCUT2D eigenvalue weighted by Gasteiger charge is -2.37. The van der Waals surface area contributed by atoms with E-state index in [0.29, 0.717) is 12.0 Å². The second-order valence-corrected chi connectivity index (χ2v) is 7.34. The van der Waals surface area contributed by atoms with Crippen LogP contribution in [0.2, 0.25) is 0 Å². The van der Waals surface area contributed by atoms with Crippen LogP contribution < -0.4 is 5.32 Å². The number of benzene rings is 3. The Labute approximate surface area is 183 Å². The van der Waals surface area contributed by atoms with Gasteiger partial charge in [-0.25, -0.2) is 4.79 Å². The average molecular weight is 414 g/mol. The summed E-state index contributed by atoms with van der Waals surface area (Å²) in [6.45, 7) is 7.09. The van der Waals surface area contributed by atoms with Gasteiger partial charge in [0.1, 0.15) is 5.54 Å². The maximum absolute atomic E-state index is 13.3. The van der Waals surface area contributed by atoms with Crippen LogP contribution in [0.5, 0.6) is 0 Å². The van der Waals surface area contributed by atoms with Gasteiger partial charge in [-0.2, -0.15) is 0 Å². The molecular weight excluding hydrogens is 386 g/mol. The molecule has 0 aliphatic carbocycles. The summed E-state index contributed by atoms with van der Waals surface area (Å²) >= 11 is 0. The third kappa shape index (κ3) is 4.75. The maximum Gasteiger partial charge on any atom is 0.334 e. The van der Waals surface area contributed by atoms with Crippen LogP contribution in [-0.4, -0.2) is 18.0 Å². The van der Waals surface area contributed by atoms with Crippen molar-refractivity contribution in [2.45, 2.75) is 31.9 Å². The summed E-state index contributed by atoms with van der Waals surface area (Å²) in [5.41, 5.74) is 2.08. The van der Waals surface area contributed by atoms with E-state index in [2.05, 4.69) is 11.9 Å². The highest BCUT2D eigenvalue weighted by Crippen LogP contribution is 2.36. The van der Waals surface area contributed by atoms with E-state index >= 15 is 0 Å². The normalized spacial score (nSPS) is 11.9. The molecule has 0 bridgehead atoms. The molecule has 0 aromatic heterocycles. The highest BCUT2D eigenvalue weighted by atomic mass is 16.5. The lowest BCUT2D eigenvalue weighted by molar-refractivity contribution is -0.151. The van der Waals surface area contributed by atoms with Crippen LogP contribution in [0.25, 0.3) is 0 Å². The summed E-state index contributed by atoms with van der Waals surface area (Å²) < 4.78 is 5.37. The Bertz CT molecular complexity index is 933. The van der Waals surface area contributed by atoms with E-state index in [9.17, 15) is 9.59 Å². The van der Waals surface area contributed by atoms with E-state index in [4.69, 9.17) is 4.74 Å². The third-order valence-corrected chi connectivity index (χ3v) is 5.30. The standard InChI is InChI=1S/C27H27NO3/c1-4-20(2)26(30)31-21(3)25(29)28-27(22-14-8-5-9-15-22,23-16-10-6-11-17-23)24-18-12-7-13-19-24/h5-19,21H,2,4H2,1,3H3,(H,28,29). The van der Waals surface area contributed by atoms with Gasteiger partial charge in [0.05, 0.1) is 0 Å². The SMILES string of the molecule is C=C(CC)C(=O)OC(C)C(=O)NC(c1ccccc1)(c1ccccc1)c1ccccc1. The lowest BCUT2D eigenvalue weighted by Crippen LogP contribution is -2.51. The van der Waals surface area contributed by atoms with Gasteiger partial charge in [0.15, 0.2) is 6.10 Å². The van der Waals surface area contributed by atoms with Crippen molar-refractivity contribution < 1.29 is 14.3 Å². The Balaban J connectivity index is 2.09. The van der Waals surface area contributed by atoms with Gasteiger partial charge < -0.3 is 10.1 Å². The van der Waals surface area contributed by atoms with Crippen LogP contribution in [0, 0.1) is 0 Å². The summed E-state index contributed by atoms with van der Waals surface area (Å²) in [5, 5.41) is 3.20. The molecule has 3 aromatic rings. The molecule has 1 unspecified atom stereocenters. The number of hydrogen-bond donors (Lipinski definition) is 1. The number of rotatable bonds is 8. The maximum atomic E-state index is 13.3. The Morgan fingerprint density at radius 3 is 1.58 bits per heavy atom. The fourth-order valence-electron chi connectivity index (χ4n) is 3.51. The molecule has 4 heteroatoms. The van der Waals surface area contributed by atoms with Gasteiger partial charge in [-0.3, -0.25) is 4.79 Å². The number of esters is 1. The zero-order valence-electron chi connectivity index (χ0n) is 17.9. The highest BCUT2D eigenvalue weighted by Gasteiger charge is 2.39. The quantitative estimate of drug-likeness (QED) is 0.321. The Hall–Kier alpha value is -3.66. The minimum absolute atomic E-state index is 0.333. The summed E-state index contributed by atoms with van der Waals surface area (Å²) in [4.78, 5) is 25.5. The summed E-state index contributed by atoms with van der Waals surface area (Å²) in [6.07, 6.45) is -0.513. The zero-order chi connectivity index (χ0) is 22.3. The van der Waals surface area contributed by atoms with Crippen molar-refractivity contribution in [3.05, 3.63) is 120 Å². The van der Waals surface area contributed by atoms with Gasteiger partial charge in [-0.1, -0.05) is 104 Å². The van der Waals surface area contributed by atoms with Crippen LogP contribution in [-0.2, 0) is 19.9 Å². The van der Waals surface area contributed by atoms with E-state index in [-0.39, 0.29) is 0 Å². The Morgan fingerprint density at radius 1 is 0.839 bits per heavy atom. The fourth-order valence-corrected chi connectivity index (χ4v) is 3.51. The van der Waals surface area contributed by atoms with E-state index in [1.807, 2.05) is 97.9 Å². The first-order chi connectivity index (χ1) is 15.0. The molecule has 1 N–H and O–H groups in total. The summed E-state index contributed by atoms with van der Waals surface area (Å²) in [6, 6.07) is 29.4. The topological polar surface area (TPSA) is 55.4 Å². The number of amides is 1. The van der Waals surface area contributed by atoms with E-state index < -0.39 is 23.5 Å². The molecule has 0 fully saturated rings. The number of nitrogens with one attached hydrogen (secondary N) is 1. The minimum Gasteiger partial charge on any atom is -0.449 e. The van der Waals surface area contributed by atoms with Crippen molar-refractivity contribution in [2.75, 3.05) is 0 Å². The van der Waals surface area contributed by atoms with Gasteiger partial charge in [-0.15, -0.1) is 0 Å². The van der Waals surface area contributed by atoms with Gasteiger partial charge in [-0.05, 0) is 30.0 Å². The molecule has 0 radical (unpaired) electrons. The molecule has 4 nitrogen and oxygen atoms in total. The number of hydrogen-bond acceptors (Lipinski definition) is 3. The molecular formula is C27H27NO3. The van der Waals surface area contributed by atoms with Crippen molar-refractivity contribution in [3.8, 4) is 0 Å². The van der Waals surface area contributed by atoms with Crippen LogP contribution in [0.4, 0.5) is 0 Å². The van der Waals surface area contributed by atoms with Crippen molar-refractivity contribution in [1.29, 1.82) is 0 Å². The third-order valence-electron chi connectivity index (χ3n) is 5.30. The van der Waals surface area contributed by atoms with Crippen LogP contribution in [0.15, 0.2) is 103 Å². The molecule has 1 amide bonds. The molecule has 0 saturated heterocycles. The Morgan fingerprint density at radius 2 is 1.23 bits per heavy atom. The minimum atomic E-state index is -0.980. The van der Waals surface area contributed by atoms with Gasteiger partial charge >= 0.3 is 5.97 Å². The predicted octanol–water partition coefficient (Wildman–Crippen LogP) is 4.99. The van der Waals surface area contributed by atoms with E-state index in [0.717, 1.165) is 16.7 Å². The number of carbonyl (C=O) groups excluding carboxylic acids is 2. The smallest absolute Gasteiger partial charge is 0.334 e. The second-order valence-electron chi connectivity index (χ2n) is 7.34.